The molecule has 14 heteroatoms. The first kappa shape index (κ1) is 26.2. The van der Waals surface area contributed by atoms with Crippen LogP contribution >= 0.6 is 22.9 Å². The highest BCUT2D eigenvalue weighted by molar-refractivity contribution is 7.13. The first-order valence-corrected chi connectivity index (χ1v) is 13.5. The van der Waals surface area contributed by atoms with Gasteiger partial charge in [-0.05, 0) is 38.4 Å². The number of carbonyl (C=O) groups excluding carboxylic acids is 3. The fraction of sp³-hybridized carbons (Fsp3) is 0.458. The van der Waals surface area contributed by atoms with Gasteiger partial charge in [-0.3, -0.25) is 14.4 Å². The van der Waals surface area contributed by atoms with E-state index < -0.39 is 23.9 Å². The summed E-state index contributed by atoms with van der Waals surface area (Å²) in [5, 5.41) is 17.1. The van der Waals surface area contributed by atoms with Gasteiger partial charge in [-0.1, -0.05) is 11.6 Å². The van der Waals surface area contributed by atoms with Crippen LogP contribution < -0.4 is 16.0 Å². The molecule has 38 heavy (non-hydrogen) atoms. The van der Waals surface area contributed by atoms with Crippen LogP contribution in [0.3, 0.4) is 0 Å². The predicted octanol–water partition coefficient (Wildman–Crippen LogP) is 2.06. The molecule has 200 valence electrons. The lowest BCUT2D eigenvalue weighted by molar-refractivity contribution is -0.136. The van der Waals surface area contributed by atoms with Crippen LogP contribution in [-0.2, 0) is 22.6 Å². The molecule has 3 N–H and O–H groups in total. The van der Waals surface area contributed by atoms with E-state index in [2.05, 4.69) is 41.0 Å². The molecule has 0 radical (unpaired) electrons. The van der Waals surface area contributed by atoms with Gasteiger partial charge < -0.3 is 25.3 Å². The summed E-state index contributed by atoms with van der Waals surface area (Å²) in [4.78, 5) is 50.4. The number of thiazole rings is 1. The molecule has 0 saturated heterocycles. The van der Waals surface area contributed by atoms with Gasteiger partial charge in [0.15, 0.2) is 5.01 Å². The van der Waals surface area contributed by atoms with Gasteiger partial charge in [0, 0.05) is 49.5 Å². The van der Waals surface area contributed by atoms with E-state index in [0.717, 1.165) is 30.1 Å². The van der Waals surface area contributed by atoms with E-state index in [0.29, 0.717) is 41.1 Å². The lowest BCUT2D eigenvalue weighted by atomic mass is 9.82. The second-order valence-corrected chi connectivity index (χ2v) is 11.0. The molecular weight excluding hydrogens is 532 g/mol. The van der Waals surface area contributed by atoms with Crippen molar-refractivity contribution in [1.82, 2.24) is 35.7 Å². The maximum atomic E-state index is 13.3. The molecule has 1 fully saturated rings. The van der Waals surface area contributed by atoms with Crippen LogP contribution in [0.25, 0.3) is 0 Å². The number of hydrogen-bond donors (Lipinski definition) is 3. The number of halogens is 1. The van der Waals surface area contributed by atoms with Crippen LogP contribution in [0.4, 0.5) is 5.82 Å². The summed E-state index contributed by atoms with van der Waals surface area (Å²) in [6.45, 7) is 3.38. The van der Waals surface area contributed by atoms with Crippen molar-refractivity contribution in [3.05, 3.63) is 50.7 Å². The Morgan fingerprint density at radius 3 is 2.71 bits per heavy atom. The number of aryl methyl sites for hydroxylation is 1. The van der Waals surface area contributed by atoms with Crippen LogP contribution in [0.2, 0.25) is 5.02 Å². The SMILES string of the molecule is Cc1nnc([C@H]2CC[C@H](NC(=O)C(=O)Nc3ccc(Cl)cn3)[C@H](NC(=O)c3nc4c(s3)CN(C)CC4)C2)o1. The van der Waals surface area contributed by atoms with Crippen molar-refractivity contribution in [2.45, 2.75) is 57.2 Å². The summed E-state index contributed by atoms with van der Waals surface area (Å²) in [5.74, 6) is -0.948. The molecule has 1 saturated carbocycles. The second kappa shape index (κ2) is 11.1. The Labute approximate surface area is 227 Å². The van der Waals surface area contributed by atoms with E-state index >= 15 is 0 Å². The highest BCUT2D eigenvalue weighted by Gasteiger charge is 2.37. The molecule has 5 rings (SSSR count). The largest absolute Gasteiger partial charge is 0.425 e. The van der Waals surface area contributed by atoms with Gasteiger partial charge in [-0.15, -0.1) is 21.5 Å². The van der Waals surface area contributed by atoms with Gasteiger partial charge in [0.05, 0.1) is 16.8 Å². The maximum Gasteiger partial charge on any atom is 0.314 e. The fourth-order valence-electron chi connectivity index (χ4n) is 4.71. The Hall–Kier alpha value is -3.42. The zero-order valence-corrected chi connectivity index (χ0v) is 22.4. The number of amides is 3. The third-order valence-corrected chi connectivity index (χ3v) is 7.97. The summed E-state index contributed by atoms with van der Waals surface area (Å²) in [6, 6.07) is 2.08. The highest BCUT2D eigenvalue weighted by Crippen LogP contribution is 2.33. The van der Waals surface area contributed by atoms with E-state index in [9.17, 15) is 14.4 Å². The molecule has 3 amide bonds. The van der Waals surface area contributed by atoms with Crippen LogP contribution in [0.15, 0.2) is 22.7 Å². The summed E-state index contributed by atoms with van der Waals surface area (Å²) < 4.78 is 5.64. The molecule has 3 atom stereocenters. The van der Waals surface area contributed by atoms with E-state index in [4.69, 9.17) is 16.0 Å². The van der Waals surface area contributed by atoms with Crippen molar-refractivity contribution in [3.8, 4) is 0 Å². The number of pyridine rings is 1. The Morgan fingerprint density at radius 2 is 1.97 bits per heavy atom. The molecule has 12 nitrogen and oxygen atoms in total. The number of rotatable bonds is 5. The summed E-state index contributed by atoms with van der Waals surface area (Å²) in [6.07, 6.45) is 3.75. The molecule has 0 spiro atoms. The van der Waals surface area contributed by atoms with Gasteiger partial charge in [-0.25, -0.2) is 9.97 Å². The third kappa shape index (κ3) is 6.00. The van der Waals surface area contributed by atoms with Crippen LogP contribution in [-0.4, -0.2) is 68.5 Å². The minimum Gasteiger partial charge on any atom is -0.425 e. The predicted molar refractivity (Wildman–Crippen MR) is 139 cm³/mol. The minimum atomic E-state index is -0.865. The zero-order chi connectivity index (χ0) is 26.8. The molecule has 0 bridgehead atoms. The van der Waals surface area contributed by atoms with Crippen molar-refractivity contribution in [2.75, 3.05) is 18.9 Å². The molecule has 1 aliphatic carbocycles. The smallest absolute Gasteiger partial charge is 0.314 e. The number of fused-ring (bicyclic) bond motifs is 1. The number of likely N-dealkylation sites (N-methyl/N-ethyl adjacent to an activating group) is 1. The average Bonchev–Trinajstić information content (AvgIpc) is 3.52. The third-order valence-electron chi connectivity index (χ3n) is 6.67. The zero-order valence-electron chi connectivity index (χ0n) is 20.9. The van der Waals surface area contributed by atoms with Crippen LogP contribution in [0, 0.1) is 6.92 Å². The van der Waals surface area contributed by atoms with Crippen molar-refractivity contribution < 1.29 is 18.8 Å². The first-order chi connectivity index (χ1) is 18.2. The fourth-order valence-corrected chi connectivity index (χ4v) is 5.91. The van der Waals surface area contributed by atoms with E-state index in [1.807, 2.05) is 7.05 Å². The van der Waals surface area contributed by atoms with Crippen molar-refractivity contribution in [2.24, 2.45) is 0 Å². The molecule has 2 aliphatic rings. The number of carbonyl (C=O) groups is 3. The van der Waals surface area contributed by atoms with E-state index in [-0.39, 0.29) is 17.6 Å². The van der Waals surface area contributed by atoms with Crippen molar-refractivity contribution in [1.29, 1.82) is 0 Å². The normalized spacial score (nSPS) is 21.4. The average molecular weight is 559 g/mol. The molecule has 1 aliphatic heterocycles. The summed E-state index contributed by atoms with van der Waals surface area (Å²) >= 11 is 7.21. The van der Waals surface area contributed by atoms with E-state index in [1.54, 1.807) is 13.0 Å². The van der Waals surface area contributed by atoms with Crippen LogP contribution in [0.5, 0.6) is 0 Å². The number of nitrogens with one attached hydrogen (secondary N) is 3. The topological polar surface area (TPSA) is 155 Å². The van der Waals surface area contributed by atoms with Gasteiger partial charge in [0.1, 0.15) is 5.82 Å². The monoisotopic (exact) mass is 558 g/mol. The van der Waals surface area contributed by atoms with Gasteiger partial charge in [-0.2, -0.15) is 0 Å². The minimum absolute atomic E-state index is 0.0973. The quantitative estimate of drug-likeness (QED) is 0.399. The van der Waals surface area contributed by atoms with E-state index in [1.165, 1.54) is 23.6 Å². The number of hydrogen-bond acceptors (Lipinski definition) is 10. The Kier molecular flexibility index (Phi) is 7.68. The lowest BCUT2D eigenvalue weighted by Crippen LogP contribution is -2.56. The first-order valence-electron chi connectivity index (χ1n) is 12.3. The summed E-state index contributed by atoms with van der Waals surface area (Å²) in [5.41, 5.74) is 0.957. The molecule has 4 heterocycles. The lowest BCUT2D eigenvalue weighted by Gasteiger charge is -2.35. The van der Waals surface area contributed by atoms with Gasteiger partial charge >= 0.3 is 11.8 Å². The number of aromatic nitrogens is 4. The Morgan fingerprint density at radius 1 is 1.13 bits per heavy atom. The maximum absolute atomic E-state index is 13.3. The second-order valence-electron chi connectivity index (χ2n) is 9.52. The Bertz CT molecular complexity index is 1340. The molecule has 0 aromatic carbocycles. The van der Waals surface area contributed by atoms with Crippen molar-refractivity contribution in [3.63, 3.8) is 0 Å². The van der Waals surface area contributed by atoms with Crippen LogP contribution in [0.1, 0.15) is 57.3 Å². The van der Waals surface area contributed by atoms with Crippen molar-refractivity contribution >= 4 is 46.5 Å². The number of nitrogens with zero attached hydrogens (tertiary/aromatic N) is 5. The highest BCUT2D eigenvalue weighted by atomic mass is 35.5. The van der Waals surface area contributed by atoms with Gasteiger partial charge in [0.25, 0.3) is 5.91 Å². The molecule has 3 aromatic rings. The molecular formula is C24H27ClN8O4S. The molecule has 3 aromatic heterocycles. The Balaban J connectivity index is 1.29. The standard InChI is InChI=1S/C24H27ClN8O4S/c1-12-31-32-23(37-12)13-3-5-15(27-20(34)21(35)30-19-6-4-14(25)10-26-19)17(9-13)28-22(36)24-29-16-7-8-33(2)11-18(16)38-24/h4,6,10,13,15,17H,3,5,7-9,11H2,1-2H3,(H,27,34)(H,28,36)(H,26,30,35)/t13-,15-,17+/m0/s1. The van der Waals surface area contributed by atoms with Gasteiger partial charge in [0.2, 0.25) is 11.8 Å². The molecule has 0 unspecified atom stereocenters. The summed E-state index contributed by atoms with van der Waals surface area (Å²) in [7, 11) is 2.04. The number of anilines is 1.